The van der Waals surface area contributed by atoms with E-state index in [1.54, 1.807) is 4.52 Å². The van der Waals surface area contributed by atoms with Crippen molar-refractivity contribution in [3.05, 3.63) is 23.1 Å². The van der Waals surface area contributed by atoms with Crippen LogP contribution in [-0.4, -0.2) is 78.0 Å². The lowest BCUT2D eigenvalue weighted by Gasteiger charge is -2.16. The summed E-state index contributed by atoms with van der Waals surface area (Å²) in [6.45, 7) is -0.252. The van der Waals surface area contributed by atoms with Gasteiger partial charge in [0.25, 0.3) is 0 Å². The third kappa shape index (κ3) is 5.37. The molecular formula is C18H26ClN4O7P. The number of halogens is 1. The van der Waals surface area contributed by atoms with Crippen LogP contribution >= 0.6 is 19.2 Å². The number of fused-ring (bicyclic) bond motifs is 1. The van der Waals surface area contributed by atoms with Gasteiger partial charge in [0, 0.05) is 18.2 Å². The Morgan fingerprint density at radius 2 is 1.94 bits per heavy atom. The average Bonchev–Trinajstić information content (AvgIpc) is 3.39. The van der Waals surface area contributed by atoms with Crippen LogP contribution in [0.1, 0.15) is 31.4 Å². The fourth-order valence-corrected chi connectivity index (χ4v) is 4.68. The fraction of sp³-hybridized carbons (Fsp3) is 0.667. The summed E-state index contributed by atoms with van der Waals surface area (Å²) in [5.74, 6) is 0.648. The summed E-state index contributed by atoms with van der Waals surface area (Å²) in [6.07, 6.45) is -0.137. The molecule has 0 radical (unpaired) electrons. The van der Waals surface area contributed by atoms with E-state index < -0.39 is 38.4 Å². The molecule has 5 N–H and O–H groups in total. The van der Waals surface area contributed by atoms with Crippen molar-refractivity contribution in [1.82, 2.24) is 14.6 Å². The number of nitrogens with zero attached hydrogens (tertiary/aromatic N) is 3. The number of hydrogen-bond acceptors (Lipinski definition) is 8. The van der Waals surface area contributed by atoms with Gasteiger partial charge in [0.1, 0.15) is 30.2 Å². The molecule has 2 fully saturated rings. The molecule has 4 rings (SSSR count). The lowest BCUT2D eigenvalue weighted by molar-refractivity contribution is -0.0381. The summed E-state index contributed by atoms with van der Waals surface area (Å²) in [7, 11) is -4.33. The lowest BCUT2D eigenvalue weighted by Crippen LogP contribution is -2.35. The SMILES string of the molecule is O=P(O)(O)COC[C@H]1OC(Cc2ccc3c(NC4CCCC4)nc(Cl)nn23)[C@H](O)[C@@H]1O. The van der Waals surface area contributed by atoms with Gasteiger partial charge in [0.15, 0.2) is 5.82 Å². The average molecular weight is 477 g/mol. The van der Waals surface area contributed by atoms with Crippen molar-refractivity contribution in [2.24, 2.45) is 0 Å². The molecule has 2 aliphatic rings. The van der Waals surface area contributed by atoms with Crippen LogP contribution in [0.5, 0.6) is 0 Å². The number of aromatic nitrogens is 3. The molecule has 1 aliphatic carbocycles. The lowest BCUT2D eigenvalue weighted by atomic mass is 10.0. The summed E-state index contributed by atoms with van der Waals surface area (Å²) in [5, 5.41) is 28.4. The van der Waals surface area contributed by atoms with Crippen molar-refractivity contribution in [2.45, 2.75) is 62.6 Å². The van der Waals surface area contributed by atoms with Gasteiger partial charge < -0.3 is 34.8 Å². The summed E-state index contributed by atoms with van der Waals surface area (Å²) in [5.41, 5.74) is 1.46. The second kappa shape index (κ2) is 9.29. The van der Waals surface area contributed by atoms with Crippen LogP contribution in [0.15, 0.2) is 12.1 Å². The summed E-state index contributed by atoms with van der Waals surface area (Å²) >= 11 is 6.14. The highest BCUT2D eigenvalue weighted by atomic mass is 35.5. The Hall–Kier alpha value is -1.30. The van der Waals surface area contributed by atoms with Gasteiger partial charge in [-0.15, -0.1) is 5.10 Å². The van der Waals surface area contributed by atoms with E-state index in [9.17, 15) is 14.8 Å². The Labute approximate surface area is 183 Å². The maximum atomic E-state index is 10.9. The molecule has 31 heavy (non-hydrogen) atoms. The number of hydrogen-bond donors (Lipinski definition) is 5. The molecule has 1 unspecified atom stereocenters. The zero-order valence-electron chi connectivity index (χ0n) is 16.7. The van der Waals surface area contributed by atoms with Crippen LogP contribution < -0.4 is 5.32 Å². The maximum absolute atomic E-state index is 10.9. The Morgan fingerprint density at radius 3 is 2.65 bits per heavy atom. The van der Waals surface area contributed by atoms with Gasteiger partial charge in [0.05, 0.1) is 12.7 Å². The molecule has 0 spiro atoms. The molecule has 0 bridgehead atoms. The quantitative estimate of drug-likeness (QED) is 0.347. The molecule has 3 heterocycles. The second-order valence-corrected chi connectivity index (χ2v) is 9.97. The molecular weight excluding hydrogens is 451 g/mol. The number of nitrogens with one attached hydrogen (secondary N) is 1. The smallest absolute Gasteiger partial charge is 0.350 e. The zero-order valence-corrected chi connectivity index (χ0v) is 18.3. The van der Waals surface area contributed by atoms with E-state index in [0.29, 0.717) is 17.6 Å². The van der Waals surface area contributed by atoms with E-state index >= 15 is 0 Å². The minimum atomic E-state index is -4.33. The van der Waals surface area contributed by atoms with Gasteiger partial charge in [-0.2, -0.15) is 4.98 Å². The molecule has 1 saturated carbocycles. The molecule has 1 aliphatic heterocycles. The minimum absolute atomic E-state index is 0.0853. The van der Waals surface area contributed by atoms with Gasteiger partial charge in [-0.25, -0.2) is 4.52 Å². The normalized spacial score (nSPS) is 27.4. The van der Waals surface area contributed by atoms with Crippen LogP contribution in [0.3, 0.4) is 0 Å². The highest BCUT2D eigenvalue weighted by molar-refractivity contribution is 7.51. The van der Waals surface area contributed by atoms with Crippen LogP contribution in [0.2, 0.25) is 5.28 Å². The molecule has 11 nitrogen and oxygen atoms in total. The number of ether oxygens (including phenoxy) is 2. The molecule has 4 atom stereocenters. The minimum Gasteiger partial charge on any atom is -0.388 e. The highest BCUT2D eigenvalue weighted by Crippen LogP contribution is 2.34. The standard InChI is InChI=1S/C18H26ClN4O7P/c19-18-21-17(20-10-3-1-2-4-10)12-6-5-11(23(12)22-18)7-13-15(24)16(25)14(30-13)8-29-9-31(26,27)28/h5-6,10,13-16,24-25H,1-4,7-9H2,(H,20,21,22)(H2,26,27,28)/t13?,14-,15+,16-/m1/s1. The predicted molar refractivity (Wildman–Crippen MR) is 111 cm³/mol. The first-order valence-corrected chi connectivity index (χ1v) is 12.3. The molecule has 0 aromatic carbocycles. The molecule has 13 heteroatoms. The van der Waals surface area contributed by atoms with Crippen LogP contribution in [-0.2, 0) is 20.5 Å². The van der Waals surface area contributed by atoms with Crippen molar-refractivity contribution < 1.29 is 34.0 Å². The van der Waals surface area contributed by atoms with Gasteiger partial charge >= 0.3 is 7.60 Å². The maximum Gasteiger partial charge on any atom is 0.350 e. The van der Waals surface area contributed by atoms with Gasteiger partial charge in [-0.3, -0.25) is 4.57 Å². The van der Waals surface area contributed by atoms with E-state index in [2.05, 4.69) is 15.4 Å². The molecule has 172 valence electrons. The predicted octanol–water partition coefficient (Wildman–Crippen LogP) is 0.921. The summed E-state index contributed by atoms with van der Waals surface area (Å²) < 4.78 is 23.2. The van der Waals surface area contributed by atoms with E-state index in [0.717, 1.165) is 18.4 Å². The Kier molecular flexibility index (Phi) is 6.85. The summed E-state index contributed by atoms with van der Waals surface area (Å²) in [4.78, 5) is 22.1. The van der Waals surface area contributed by atoms with Crippen molar-refractivity contribution in [3.8, 4) is 0 Å². The number of aliphatic hydroxyl groups excluding tert-OH is 2. The number of rotatable bonds is 8. The first-order valence-electron chi connectivity index (χ1n) is 10.2. The first-order chi connectivity index (χ1) is 14.7. The Bertz CT molecular complexity index is 964. The highest BCUT2D eigenvalue weighted by Gasteiger charge is 2.43. The molecule has 2 aromatic heterocycles. The number of aliphatic hydroxyl groups is 2. The Morgan fingerprint density at radius 1 is 1.23 bits per heavy atom. The van der Waals surface area contributed by atoms with Gasteiger partial charge in [0.2, 0.25) is 5.28 Å². The molecule has 0 amide bonds. The monoisotopic (exact) mass is 476 g/mol. The summed E-state index contributed by atoms with van der Waals surface area (Å²) in [6, 6.07) is 4.04. The van der Waals surface area contributed by atoms with Crippen molar-refractivity contribution >= 4 is 30.5 Å². The van der Waals surface area contributed by atoms with Gasteiger partial charge in [-0.05, 0) is 36.6 Å². The fourth-order valence-electron chi connectivity index (χ4n) is 4.17. The third-order valence-electron chi connectivity index (χ3n) is 5.67. The van der Waals surface area contributed by atoms with E-state index in [1.165, 1.54) is 12.8 Å². The topological polar surface area (TPSA) is 159 Å². The third-order valence-corrected chi connectivity index (χ3v) is 6.35. The van der Waals surface area contributed by atoms with Crippen LogP contribution in [0.4, 0.5) is 5.82 Å². The van der Waals surface area contributed by atoms with Crippen molar-refractivity contribution in [3.63, 3.8) is 0 Å². The zero-order chi connectivity index (χ0) is 22.2. The van der Waals surface area contributed by atoms with E-state index in [4.69, 9.17) is 30.9 Å². The molecule has 1 saturated heterocycles. The van der Waals surface area contributed by atoms with E-state index in [-0.39, 0.29) is 18.3 Å². The molecule has 2 aromatic rings. The van der Waals surface area contributed by atoms with E-state index in [1.807, 2.05) is 12.1 Å². The second-order valence-electron chi connectivity index (χ2n) is 8.04. The van der Waals surface area contributed by atoms with Crippen LogP contribution in [0, 0.1) is 0 Å². The number of anilines is 1. The van der Waals surface area contributed by atoms with Crippen LogP contribution in [0.25, 0.3) is 5.52 Å². The first kappa shape index (κ1) is 22.9. The largest absolute Gasteiger partial charge is 0.388 e. The Balaban J connectivity index is 1.46. The van der Waals surface area contributed by atoms with Crippen molar-refractivity contribution in [1.29, 1.82) is 0 Å². The van der Waals surface area contributed by atoms with Gasteiger partial charge in [-0.1, -0.05) is 12.8 Å². The van der Waals surface area contributed by atoms with Crippen molar-refractivity contribution in [2.75, 3.05) is 18.3 Å².